The second-order valence-corrected chi connectivity index (χ2v) is 5.39. The predicted octanol–water partition coefficient (Wildman–Crippen LogP) is 3.00. The molecule has 0 fully saturated rings. The Morgan fingerprint density at radius 2 is 2.00 bits per heavy atom. The quantitative estimate of drug-likeness (QED) is 0.768. The highest BCUT2D eigenvalue weighted by atomic mass is 32.2. The standard InChI is InChI=1S/C14H19NO3S/c1-2-3-9-12(14(17)18)19-10-13(16)15-11-7-5-4-6-8-11/h4-8,12H,2-3,9-10H2,1H3,(H,15,16)(H,17,18)/t12-/m1/s1. The maximum Gasteiger partial charge on any atom is 0.316 e. The normalized spacial score (nSPS) is 11.8. The number of rotatable bonds is 8. The van der Waals surface area contributed by atoms with Crippen molar-refractivity contribution in [1.29, 1.82) is 0 Å². The minimum absolute atomic E-state index is 0.162. The first-order valence-electron chi connectivity index (χ1n) is 6.32. The van der Waals surface area contributed by atoms with Crippen molar-refractivity contribution in [1.82, 2.24) is 0 Å². The molecule has 1 rings (SSSR count). The third kappa shape index (κ3) is 6.29. The molecule has 1 aromatic carbocycles. The predicted molar refractivity (Wildman–Crippen MR) is 78.5 cm³/mol. The number of thioether (sulfide) groups is 1. The number of benzene rings is 1. The lowest BCUT2D eigenvalue weighted by Crippen LogP contribution is -2.21. The van der Waals surface area contributed by atoms with Crippen molar-refractivity contribution < 1.29 is 14.7 Å². The van der Waals surface area contributed by atoms with E-state index in [0.717, 1.165) is 18.5 Å². The van der Waals surface area contributed by atoms with E-state index < -0.39 is 11.2 Å². The third-order valence-corrected chi connectivity index (χ3v) is 3.84. The summed E-state index contributed by atoms with van der Waals surface area (Å²) in [6.45, 7) is 2.02. The van der Waals surface area contributed by atoms with Crippen LogP contribution in [0.2, 0.25) is 0 Å². The fourth-order valence-electron chi connectivity index (χ4n) is 1.56. The number of hydrogen-bond acceptors (Lipinski definition) is 3. The molecule has 0 bridgehead atoms. The number of aliphatic carboxylic acids is 1. The van der Waals surface area contributed by atoms with Gasteiger partial charge in [-0.2, -0.15) is 0 Å². The van der Waals surface area contributed by atoms with Crippen molar-refractivity contribution >= 4 is 29.3 Å². The molecule has 0 saturated heterocycles. The van der Waals surface area contributed by atoms with Gasteiger partial charge in [0.05, 0.1) is 5.75 Å². The zero-order valence-corrected chi connectivity index (χ0v) is 11.8. The van der Waals surface area contributed by atoms with Gasteiger partial charge in [-0.1, -0.05) is 38.0 Å². The second kappa shape index (κ2) is 8.58. The topological polar surface area (TPSA) is 66.4 Å². The van der Waals surface area contributed by atoms with Crippen molar-refractivity contribution in [3.05, 3.63) is 30.3 Å². The maximum absolute atomic E-state index is 11.7. The number of hydrogen-bond donors (Lipinski definition) is 2. The molecule has 2 N–H and O–H groups in total. The van der Waals surface area contributed by atoms with Gasteiger partial charge >= 0.3 is 5.97 Å². The van der Waals surface area contributed by atoms with Gasteiger partial charge in [-0.25, -0.2) is 0 Å². The highest BCUT2D eigenvalue weighted by molar-refractivity contribution is 8.01. The van der Waals surface area contributed by atoms with Gasteiger partial charge < -0.3 is 10.4 Å². The van der Waals surface area contributed by atoms with E-state index in [1.165, 1.54) is 11.8 Å². The Labute approximate surface area is 117 Å². The van der Waals surface area contributed by atoms with E-state index >= 15 is 0 Å². The summed E-state index contributed by atoms with van der Waals surface area (Å²) in [5.74, 6) is -0.847. The van der Waals surface area contributed by atoms with Crippen LogP contribution in [0.5, 0.6) is 0 Å². The first-order valence-corrected chi connectivity index (χ1v) is 7.37. The van der Waals surface area contributed by atoms with Crippen LogP contribution in [0, 0.1) is 0 Å². The summed E-state index contributed by atoms with van der Waals surface area (Å²) in [4.78, 5) is 22.7. The van der Waals surface area contributed by atoms with E-state index in [1.807, 2.05) is 25.1 Å². The summed E-state index contributed by atoms with van der Waals surface area (Å²) in [7, 11) is 0. The molecule has 0 saturated carbocycles. The van der Waals surface area contributed by atoms with E-state index in [9.17, 15) is 9.59 Å². The summed E-state index contributed by atoms with van der Waals surface area (Å²) in [5.41, 5.74) is 0.730. The Balaban J connectivity index is 2.37. The summed E-state index contributed by atoms with van der Waals surface area (Å²) in [5, 5.41) is 11.3. The van der Waals surface area contributed by atoms with Crippen molar-refractivity contribution in [3.63, 3.8) is 0 Å². The molecular weight excluding hydrogens is 262 g/mol. The second-order valence-electron chi connectivity index (χ2n) is 4.19. The van der Waals surface area contributed by atoms with Crippen molar-refractivity contribution in [3.8, 4) is 0 Å². The number of amides is 1. The molecule has 1 aromatic rings. The first-order chi connectivity index (χ1) is 9.13. The fraction of sp³-hybridized carbons (Fsp3) is 0.429. The number of carboxylic acids is 1. The minimum Gasteiger partial charge on any atom is -0.480 e. The Bertz CT molecular complexity index is 408. The lowest BCUT2D eigenvalue weighted by Gasteiger charge is -2.11. The zero-order chi connectivity index (χ0) is 14.1. The van der Waals surface area contributed by atoms with Crippen molar-refractivity contribution in [2.75, 3.05) is 11.1 Å². The Morgan fingerprint density at radius 1 is 1.32 bits per heavy atom. The van der Waals surface area contributed by atoms with Crippen LogP contribution in [0.4, 0.5) is 5.69 Å². The van der Waals surface area contributed by atoms with Crippen molar-refractivity contribution in [2.24, 2.45) is 0 Å². The Hall–Kier alpha value is -1.49. The molecular formula is C14H19NO3S. The molecule has 19 heavy (non-hydrogen) atoms. The molecule has 0 aliphatic carbocycles. The number of carbonyl (C=O) groups is 2. The largest absolute Gasteiger partial charge is 0.480 e. The van der Waals surface area contributed by atoms with Crippen LogP contribution in [-0.4, -0.2) is 28.0 Å². The number of nitrogens with one attached hydrogen (secondary N) is 1. The molecule has 5 heteroatoms. The number of unbranched alkanes of at least 4 members (excludes halogenated alkanes) is 1. The first kappa shape index (κ1) is 15.6. The monoisotopic (exact) mass is 281 g/mol. The van der Waals surface area contributed by atoms with E-state index in [1.54, 1.807) is 12.1 Å². The molecule has 0 aliphatic heterocycles. The molecule has 0 heterocycles. The van der Waals surface area contributed by atoms with E-state index in [0.29, 0.717) is 6.42 Å². The SMILES string of the molecule is CCCC[C@@H](SCC(=O)Nc1ccccc1)C(=O)O. The highest BCUT2D eigenvalue weighted by Gasteiger charge is 2.18. The average Bonchev–Trinajstić information content (AvgIpc) is 2.39. The maximum atomic E-state index is 11.7. The summed E-state index contributed by atoms with van der Waals surface area (Å²) in [6.07, 6.45) is 2.43. The summed E-state index contributed by atoms with van der Waals surface area (Å²) < 4.78 is 0. The summed E-state index contributed by atoms with van der Waals surface area (Å²) in [6, 6.07) is 9.15. The van der Waals surface area contributed by atoms with E-state index in [-0.39, 0.29) is 11.7 Å². The zero-order valence-electron chi connectivity index (χ0n) is 11.0. The highest BCUT2D eigenvalue weighted by Crippen LogP contribution is 2.18. The minimum atomic E-state index is -0.842. The average molecular weight is 281 g/mol. The van der Waals surface area contributed by atoms with Crippen molar-refractivity contribution in [2.45, 2.75) is 31.4 Å². The van der Waals surface area contributed by atoms with E-state index in [4.69, 9.17) is 5.11 Å². The van der Waals surface area contributed by atoms with Gasteiger partial charge in [0.25, 0.3) is 0 Å². The van der Waals surface area contributed by atoms with Gasteiger partial charge in [-0.15, -0.1) is 11.8 Å². The van der Waals surface area contributed by atoms with Crippen LogP contribution in [0.25, 0.3) is 0 Å². The fourth-order valence-corrected chi connectivity index (χ4v) is 2.46. The van der Waals surface area contributed by atoms with Crippen LogP contribution in [0.3, 0.4) is 0 Å². The lowest BCUT2D eigenvalue weighted by atomic mass is 10.2. The van der Waals surface area contributed by atoms with Crippen LogP contribution in [-0.2, 0) is 9.59 Å². The lowest BCUT2D eigenvalue weighted by molar-refractivity contribution is -0.136. The van der Waals surface area contributed by atoms with Gasteiger partial charge in [0.2, 0.25) is 5.91 Å². The molecule has 0 radical (unpaired) electrons. The van der Waals surface area contributed by atoms with Gasteiger partial charge in [-0.3, -0.25) is 9.59 Å². The molecule has 0 spiro atoms. The molecule has 4 nitrogen and oxygen atoms in total. The smallest absolute Gasteiger partial charge is 0.316 e. The van der Waals surface area contributed by atoms with Gasteiger partial charge in [-0.05, 0) is 18.6 Å². The van der Waals surface area contributed by atoms with Gasteiger partial charge in [0.15, 0.2) is 0 Å². The molecule has 0 aliphatic rings. The number of carbonyl (C=O) groups excluding carboxylic acids is 1. The number of para-hydroxylation sites is 1. The third-order valence-electron chi connectivity index (χ3n) is 2.57. The molecule has 1 amide bonds. The number of anilines is 1. The Morgan fingerprint density at radius 3 is 2.58 bits per heavy atom. The van der Waals surface area contributed by atoms with E-state index in [2.05, 4.69) is 5.32 Å². The molecule has 0 aromatic heterocycles. The van der Waals surface area contributed by atoms with Crippen LogP contribution in [0.15, 0.2) is 30.3 Å². The number of carboxylic acid groups (broad SMARTS) is 1. The molecule has 104 valence electrons. The van der Waals surface area contributed by atoms with Crippen LogP contribution in [0.1, 0.15) is 26.2 Å². The van der Waals surface area contributed by atoms with Crippen LogP contribution < -0.4 is 5.32 Å². The Kier molecular flexibility index (Phi) is 7.03. The van der Waals surface area contributed by atoms with Crippen LogP contribution >= 0.6 is 11.8 Å². The molecule has 1 atom stereocenters. The molecule has 0 unspecified atom stereocenters. The van der Waals surface area contributed by atoms with Gasteiger partial charge in [0.1, 0.15) is 5.25 Å². The van der Waals surface area contributed by atoms with Gasteiger partial charge in [0, 0.05) is 5.69 Å². The summed E-state index contributed by atoms with van der Waals surface area (Å²) >= 11 is 1.19.